The second-order valence-electron chi connectivity index (χ2n) is 7.05. The maximum Gasteiger partial charge on any atom is 0.338 e. The van der Waals surface area contributed by atoms with Crippen molar-refractivity contribution in [3.63, 3.8) is 0 Å². The van der Waals surface area contributed by atoms with E-state index in [9.17, 15) is 9.59 Å². The van der Waals surface area contributed by atoms with Crippen molar-refractivity contribution < 1.29 is 14.3 Å². The van der Waals surface area contributed by atoms with Gasteiger partial charge in [-0.2, -0.15) is 0 Å². The van der Waals surface area contributed by atoms with Crippen LogP contribution >= 0.6 is 11.3 Å². The van der Waals surface area contributed by atoms with Crippen molar-refractivity contribution >= 4 is 23.4 Å². The first-order chi connectivity index (χ1) is 15.5. The summed E-state index contributed by atoms with van der Waals surface area (Å²) in [6.07, 6.45) is 5.15. The summed E-state index contributed by atoms with van der Waals surface area (Å²) in [6.45, 7) is 6.09. The van der Waals surface area contributed by atoms with Crippen LogP contribution in [-0.4, -0.2) is 28.7 Å². The maximum absolute atomic E-state index is 13.6. The van der Waals surface area contributed by atoms with E-state index in [4.69, 9.17) is 9.47 Å². The molecule has 2 aromatic heterocycles. The Kier molecular flexibility index (Phi) is 6.32. The SMILES string of the molecule is CCOC(=O)C1=C(C)N=c2s/c(=C\c3ccncc3)c(=O)n2[C@H]1c1ccccc1OCC. The lowest BCUT2D eigenvalue weighted by atomic mass is 9.95. The Morgan fingerprint density at radius 1 is 1.16 bits per heavy atom. The van der Waals surface area contributed by atoms with Gasteiger partial charge < -0.3 is 9.47 Å². The number of para-hydroxylation sites is 1. The zero-order valence-electron chi connectivity index (χ0n) is 18.1. The van der Waals surface area contributed by atoms with Crippen LogP contribution in [0.2, 0.25) is 0 Å². The molecule has 3 heterocycles. The molecule has 0 saturated carbocycles. The van der Waals surface area contributed by atoms with E-state index in [0.29, 0.717) is 38.5 Å². The van der Waals surface area contributed by atoms with Crippen LogP contribution in [0.1, 0.15) is 37.9 Å². The second kappa shape index (κ2) is 9.32. The predicted octanol–water partition coefficient (Wildman–Crippen LogP) is 2.59. The number of carbonyl (C=O) groups excluding carboxylic acids is 1. The minimum absolute atomic E-state index is 0.224. The van der Waals surface area contributed by atoms with Gasteiger partial charge in [0.05, 0.1) is 29.0 Å². The fourth-order valence-electron chi connectivity index (χ4n) is 3.69. The maximum atomic E-state index is 13.6. The molecule has 8 heteroatoms. The number of carbonyl (C=O) groups is 1. The van der Waals surface area contributed by atoms with Crippen LogP contribution in [0.3, 0.4) is 0 Å². The fraction of sp³-hybridized carbons (Fsp3) is 0.250. The van der Waals surface area contributed by atoms with E-state index in [-0.39, 0.29) is 12.2 Å². The number of hydrogen-bond donors (Lipinski definition) is 0. The quantitative estimate of drug-likeness (QED) is 0.540. The molecule has 0 fully saturated rings. The zero-order chi connectivity index (χ0) is 22.7. The van der Waals surface area contributed by atoms with Crippen LogP contribution in [-0.2, 0) is 9.53 Å². The number of fused-ring (bicyclic) bond motifs is 1. The fourth-order valence-corrected chi connectivity index (χ4v) is 4.74. The number of hydrogen-bond acceptors (Lipinski definition) is 7. The summed E-state index contributed by atoms with van der Waals surface area (Å²) >= 11 is 1.29. The molecule has 4 rings (SSSR count). The Morgan fingerprint density at radius 3 is 2.62 bits per heavy atom. The Labute approximate surface area is 189 Å². The molecule has 0 spiro atoms. The van der Waals surface area contributed by atoms with Crippen LogP contribution < -0.4 is 19.6 Å². The Bertz CT molecular complexity index is 1360. The molecule has 0 amide bonds. The molecule has 164 valence electrons. The molecule has 1 aliphatic rings. The number of pyridine rings is 1. The monoisotopic (exact) mass is 449 g/mol. The van der Waals surface area contributed by atoms with Crippen molar-refractivity contribution in [1.29, 1.82) is 0 Å². The lowest BCUT2D eigenvalue weighted by Gasteiger charge is -2.26. The van der Waals surface area contributed by atoms with E-state index in [1.165, 1.54) is 11.3 Å². The zero-order valence-corrected chi connectivity index (χ0v) is 18.9. The number of allylic oxidation sites excluding steroid dienone is 1. The molecule has 1 atom stereocenters. The van der Waals surface area contributed by atoms with Gasteiger partial charge in [-0.25, -0.2) is 9.79 Å². The third-order valence-electron chi connectivity index (χ3n) is 5.03. The van der Waals surface area contributed by atoms with E-state index in [0.717, 1.165) is 5.56 Å². The van der Waals surface area contributed by atoms with Gasteiger partial charge in [0.2, 0.25) is 0 Å². The average molecular weight is 450 g/mol. The summed E-state index contributed by atoms with van der Waals surface area (Å²) in [5, 5.41) is 0. The molecule has 1 aromatic carbocycles. The average Bonchev–Trinajstić information content (AvgIpc) is 3.09. The second-order valence-corrected chi connectivity index (χ2v) is 8.06. The van der Waals surface area contributed by atoms with Gasteiger partial charge in [-0.05, 0) is 50.6 Å². The number of benzene rings is 1. The van der Waals surface area contributed by atoms with Crippen molar-refractivity contribution in [2.75, 3.05) is 13.2 Å². The van der Waals surface area contributed by atoms with Crippen LogP contribution in [0, 0.1) is 0 Å². The molecule has 0 saturated heterocycles. The van der Waals surface area contributed by atoms with Gasteiger partial charge in [-0.3, -0.25) is 14.3 Å². The van der Waals surface area contributed by atoms with Crippen molar-refractivity contribution in [2.45, 2.75) is 26.8 Å². The van der Waals surface area contributed by atoms with Crippen LogP contribution in [0.15, 0.2) is 69.8 Å². The van der Waals surface area contributed by atoms with Crippen LogP contribution in [0.25, 0.3) is 6.08 Å². The van der Waals surface area contributed by atoms with Crippen LogP contribution in [0.5, 0.6) is 5.75 Å². The Hall–Kier alpha value is -3.52. The summed E-state index contributed by atoms with van der Waals surface area (Å²) < 4.78 is 13.3. The largest absolute Gasteiger partial charge is 0.494 e. The highest BCUT2D eigenvalue weighted by molar-refractivity contribution is 7.07. The molecule has 0 N–H and O–H groups in total. The molecule has 3 aromatic rings. The molecule has 0 unspecified atom stereocenters. The molecule has 7 nitrogen and oxygen atoms in total. The van der Waals surface area contributed by atoms with E-state index in [2.05, 4.69) is 9.98 Å². The van der Waals surface area contributed by atoms with Gasteiger partial charge in [0.1, 0.15) is 11.8 Å². The minimum Gasteiger partial charge on any atom is -0.494 e. The number of rotatable bonds is 6. The smallest absolute Gasteiger partial charge is 0.338 e. The summed E-state index contributed by atoms with van der Waals surface area (Å²) in [6, 6.07) is 10.4. The highest BCUT2D eigenvalue weighted by atomic mass is 32.1. The van der Waals surface area contributed by atoms with E-state index >= 15 is 0 Å². The third-order valence-corrected chi connectivity index (χ3v) is 6.02. The lowest BCUT2D eigenvalue weighted by Crippen LogP contribution is -2.40. The number of esters is 1. The highest BCUT2D eigenvalue weighted by Crippen LogP contribution is 2.35. The van der Waals surface area contributed by atoms with Gasteiger partial charge in [0.25, 0.3) is 5.56 Å². The summed E-state index contributed by atoms with van der Waals surface area (Å²) in [7, 11) is 0. The summed E-state index contributed by atoms with van der Waals surface area (Å²) in [5.41, 5.74) is 2.20. The van der Waals surface area contributed by atoms with Crippen molar-refractivity contribution in [1.82, 2.24) is 9.55 Å². The third kappa shape index (κ3) is 4.01. The van der Waals surface area contributed by atoms with Crippen molar-refractivity contribution in [2.24, 2.45) is 4.99 Å². The Balaban J connectivity index is 1.99. The van der Waals surface area contributed by atoms with E-state index in [1.54, 1.807) is 36.9 Å². The van der Waals surface area contributed by atoms with E-state index < -0.39 is 12.0 Å². The summed E-state index contributed by atoms with van der Waals surface area (Å²) in [5.74, 6) is 0.119. The predicted molar refractivity (Wildman–Crippen MR) is 122 cm³/mol. The number of aromatic nitrogens is 2. The first-order valence-electron chi connectivity index (χ1n) is 10.4. The van der Waals surface area contributed by atoms with Gasteiger partial charge in [-0.15, -0.1) is 0 Å². The van der Waals surface area contributed by atoms with Crippen molar-refractivity contribution in [3.05, 3.63) is 90.9 Å². The Morgan fingerprint density at radius 2 is 1.91 bits per heavy atom. The van der Waals surface area contributed by atoms with Crippen LogP contribution in [0.4, 0.5) is 0 Å². The van der Waals surface area contributed by atoms with Crippen molar-refractivity contribution in [3.8, 4) is 5.75 Å². The first kappa shape index (κ1) is 21.7. The molecule has 0 bridgehead atoms. The molecular formula is C24H23N3O4S. The molecular weight excluding hydrogens is 426 g/mol. The topological polar surface area (TPSA) is 82.8 Å². The molecule has 0 radical (unpaired) electrons. The molecule has 0 aliphatic carbocycles. The standard InChI is InChI=1S/C24H23N3O4S/c1-4-30-18-9-7-6-8-17(18)21-20(23(29)31-5-2)15(3)26-24-27(21)22(28)19(32-24)14-16-10-12-25-13-11-16/h6-14,21H,4-5H2,1-3H3/b19-14-/t21-/m0/s1. The minimum atomic E-state index is -0.701. The first-order valence-corrected chi connectivity index (χ1v) is 11.2. The van der Waals surface area contributed by atoms with Gasteiger partial charge in [0.15, 0.2) is 4.80 Å². The highest BCUT2D eigenvalue weighted by Gasteiger charge is 2.34. The normalized spacial score (nSPS) is 15.8. The number of thiazole rings is 1. The lowest BCUT2D eigenvalue weighted by molar-refractivity contribution is -0.139. The van der Waals surface area contributed by atoms with E-state index in [1.807, 2.05) is 43.3 Å². The number of nitrogens with zero attached hydrogens (tertiary/aromatic N) is 3. The molecule has 1 aliphatic heterocycles. The van der Waals surface area contributed by atoms with Gasteiger partial charge in [-0.1, -0.05) is 29.5 Å². The molecule has 32 heavy (non-hydrogen) atoms. The van der Waals surface area contributed by atoms with Gasteiger partial charge >= 0.3 is 5.97 Å². The number of ether oxygens (including phenoxy) is 2. The summed E-state index contributed by atoms with van der Waals surface area (Å²) in [4.78, 5) is 35.7. The van der Waals surface area contributed by atoms with Gasteiger partial charge in [0, 0.05) is 18.0 Å².